The number of hydrogen-bond donors (Lipinski definition) is 1. The van der Waals surface area contributed by atoms with Crippen LogP contribution >= 0.6 is 23.1 Å². The van der Waals surface area contributed by atoms with Gasteiger partial charge in [0.1, 0.15) is 0 Å². The Morgan fingerprint density at radius 3 is 2.80 bits per heavy atom. The lowest BCUT2D eigenvalue weighted by Gasteiger charge is -2.18. The van der Waals surface area contributed by atoms with Crippen molar-refractivity contribution in [2.75, 3.05) is 11.6 Å². The summed E-state index contributed by atoms with van der Waals surface area (Å²) in [7, 11) is 0. The van der Waals surface area contributed by atoms with Crippen LogP contribution in [0, 0.1) is 13.8 Å². The Bertz CT molecular complexity index is 316. The normalized spacial score (nSPS) is 25.8. The Kier molecular flexibility index (Phi) is 3.57. The molecule has 2 unspecified atom stereocenters. The number of nitrogens with zero attached hydrogens (tertiary/aromatic N) is 1. The summed E-state index contributed by atoms with van der Waals surface area (Å²) in [6.45, 7) is 4.22. The molecule has 1 aliphatic carbocycles. The number of aromatic nitrogens is 1. The molecular formula is C11H18N2S2. The van der Waals surface area contributed by atoms with Crippen LogP contribution < -0.4 is 5.32 Å². The van der Waals surface area contributed by atoms with Crippen molar-refractivity contribution in [2.45, 2.75) is 44.4 Å². The zero-order chi connectivity index (χ0) is 10.8. The highest BCUT2D eigenvalue weighted by Gasteiger charge is 2.26. The van der Waals surface area contributed by atoms with Gasteiger partial charge in [0.25, 0.3) is 0 Å². The number of anilines is 1. The zero-order valence-corrected chi connectivity index (χ0v) is 11.2. The fraction of sp³-hybridized carbons (Fsp3) is 0.727. The molecule has 0 amide bonds. The van der Waals surface area contributed by atoms with Crippen molar-refractivity contribution in [3.8, 4) is 0 Å². The molecule has 1 aromatic heterocycles. The van der Waals surface area contributed by atoms with Gasteiger partial charge in [0.05, 0.1) is 5.69 Å². The predicted octanol–water partition coefficient (Wildman–Crippen LogP) is 3.46. The van der Waals surface area contributed by atoms with Crippen LogP contribution in [0.2, 0.25) is 0 Å². The molecule has 0 spiro atoms. The number of hydrogen-bond acceptors (Lipinski definition) is 4. The zero-order valence-electron chi connectivity index (χ0n) is 9.54. The second-order valence-corrected chi connectivity index (χ2v) is 6.40. The summed E-state index contributed by atoms with van der Waals surface area (Å²) in [5.41, 5.74) is 1.17. The maximum Gasteiger partial charge on any atom is 0.183 e. The van der Waals surface area contributed by atoms with Crippen LogP contribution in [-0.4, -0.2) is 22.5 Å². The minimum atomic E-state index is 0.630. The highest BCUT2D eigenvalue weighted by atomic mass is 32.2. The van der Waals surface area contributed by atoms with E-state index in [1.165, 1.54) is 29.8 Å². The Morgan fingerprint density at radius 2 is 2.20 bits per heavy atom. The Labute approximate surface area is 99.9 Å². The third-order valence-corrected chi connectivity index (χ3v) is 5.27. The standard InChI is InChI=1S/C11H18N2S2/c1-7-8(2)15-11(12-7)13-9-5-4-6-10(9)14-3/h9-10H,4-6H2,1-3H3,(H,12,13). The van der Waals surface area contributed by atoms with Crippen LogP contribution in [0.25, 0.3) is 0 Å². The topological polar surface area (TPSA) is 24.9 Å². The van der Waals surface area contributed by atoms with Crippen LogP contribution in [0.1, 0.15) is 29.8 Å². The van der Waals surface area contributed by atoms with Gasteiger partial charge in [-0.1, -0.05) is 6.42 Å². The van der Waals surface area contributed by atoms with Gasteiger partial charge in [-0.2, -0.15) is 11.8 Å². The van der Waals surface area contributed by atoms with E-state index in [1.54, 1.807) is 11.3 Å². The Balaban J connectivity index is 2.02. The van der Waals surface area contributed by atoms with Crippen molar-refractivity contribution in [2.24, 2.45) is 0 Å². The van der Waals surface area contributed by atoms with Gasteiger partial charge in [0, 0.05) is 16.2 Å². The molecular weight excluding hydrogens is 224 g/mol. The van der Waals surface area contributed by atoms with Crippen LogP contribution in [0.5, 0.6) is 0 Å². The van der Waals surface area contributed by atoms with Gasteiger partial charge in [-0.15, -0.1) is 11.3 Å². The summed E-state index contributed by atoms with van der Waals surface area (Å²) in [5.74, 6) is 0. The molecule has 0 aromatic carbocycles. The number of rotatable bonds is 3. The van der Waals surface area contributed by atoms with E-state index in [0.717, 1.165) is 10.4 Å². The van der Waals surface area contributed by atoms with Gasteiger partial charge >= 0.3 is 0 Å². The summed E-state index contributed by atoms with van der Waals surface area (Å²) in [5, 5.41) is 5.47. The van der Waals surface area contributed by atoms with Crippen LogP contribution in [0.3, 0.4) is 0 Å². The third-order valence-electron chi connectivity index (χ3n) is 3.09. The van der Waals surface area contributed by atoms with E-state index >= 15 is 0 Å². The molecule has 2 rings (SSSR count). The van der Waals surface area contributed by atoms with E-state index in [9.17, 15) is 0 Å². The quantitative estimate of drug-likeness (QED) is 0.878. The number of thioether (sulfide) groups is 1. The van der Waals surface area contributed by atoms with E-state index in [0.29, 0.717) is 6.04 Å². The van der Waals surface area contributed by atoms with Crippen molar-refractivity contribution in [3.05, 3.63) is 10.6 Å². The van der Waals surface area contributed by atoms with E-state index < -0.39 is 0 Å². The van der Waals surface area contributed by atoms with Crippen molar-refractivity contribution >= 4 is 28.2 Å². The molecule has 2 atom stereocenters. The first-order valence-electron chi connectivity index (χ1n) is 5.44. The lowest BCUT2D eigenvalue weighted by Crippen LogP contribution is -2.25. The number of thiazole rings is 1. The molecule has 0 bridgehead atoms. The number of nitrogens with one attached hydrogen (secondary N) is 1. The molecule has 1 heterocycles. The molecule has 0 aliphatic heterocycles. The maximum absolute atomic E-state index is 4.54. The molecule has 84 valence electrons. The van der Waals surface area contributed by atoms with E-state index in [4.69, 9.17) is 0 Å². The van der Waals surface area contributed by atoms with Crippen molar-refractivity contribution in [1.82, 2.24) is 4.98 Å². The summed E-state index contributed by atoms with van der Waals surface area (Å²) in [4.78, 5) is 5.87. The average molecular weight is 242 g/mol. The van der Waals surface area contributed by atoms with E-state index in [2.05, 4.69) is 30.4 Å². The smallest absolute Gasteiger partial charge is 0.183 e. The van der Waals surface area contributed by atoms with Crippen molar-refractivity contribution < 1.29 is 0 Å². The summed E-state index contributed by atoms with van der Waals surface area (Å²) >= 11 is 3.77. The summed E-state index contributed by atoms with van der Waals surface area (Å²) in [6.07, 6.45) is 6.21. The molecule has 1 saturated carbocycles. The van der Waals surface area contributed by atoms with Gasteiger partial charge < -0.3 is 5.32 Å². The van der Waals surface area contributed by atoms with Crippen LogP contribution in [0.15, 0.2) is 0 Å². The second-order valence-electron chi connectivity index (χ2n) is 4.12. The Hall–Kier alpha value is -0.220. The SMILES string of the molecule is CSC1CCCC1Nc1nc(C)c(C)s1. The van der Waals surface area contributed by atoms with E-state index in [1.807, 2.05) is 11.8 Å². The molecule has 1 fully saturated rings. The first-order chi connectivity index (χ1) is 7.20. The molecule has 15 heavy (non-hydrogen) atoms. The minimum absolute atomic E-state index is 0.630. The molecule has 0 radical (unpaired) electrons. The molecule has 1 aromatic rings. The predicted molar refractivity (Wildman–Crippen MR) is 70.2 cm³/mol. The van der Waals surface area contributed by atoms with Gasteiger partial charge in [-0.3, -0.25) is 0 Å². The van der Waals surface area contributed by atoms with Crippen molar-refractivity contribution in [3.63, 3.8) is 0 Å². The van der Waals surface area contributed by atoms with Gasteiger partial charge in [0.2, 0.25) is 0 Å². The van der Waals surface area contributed by atoms with E-state index in [-0.39, 0.29) is 0 Å². The monoisotopic (exact) mass is 242 g/mol. The summed E-state index contributed by atoms with van der Waals surface area (Å²) < 4.78 is 0. The van der Waals surface area contributed by atoms with Crippen LogP contribution in [0.4, 0.5) is 5.13 Å². The van der Waals surface area contributed by atoms with Gasteiger partial charge in [-0.05, 0) is 32.9 Å². The molecule has 0 saturated heterocycles. The van der Waals surface area contributed by atoms with Crippen LogP contribution in [-0.2, 0) is 0 Å². The fourth-order valence-electron chi connectivity index (χ4n) is 2.07. The molecule has 4 heteroatoms. The number of aryl methyl sites for hydroxylation is 2. The third kappa shape index (κ3) is 2.48. The van der Waals surface area contributed by atoms with Gasteiger partial charge in [-0.25, -0.2) is 4.98 Å². The molecule has 1 aliphatic rings. The highest BCUT2D eigenvalue weighted by molar-refractivity contribution is 7.99. The summed E-state index contributed by atoms with van der Waals surface area (Å²) in [6, 6.07) is 0.630. The fourth-order valence-corrected chi connectivity index (χ4v) is 3.88. The minimum Gasteiger partial charge on any atom is -0.358 e. The highest BCUT2D eigenvalue weighted by Crippen LogP contribution is 2.32. The lowest BCUT2D eigenvalue weighted by atomic mass is 10.2. The second kappa shape index (κ2) is 4.74. The first-order valence-corrected chi connectivity index (χ1v) is 7.54. The average Bonchev–Trinajstić information content (AvgIpc) is 2.75. The lowest BCUT2D eigenvalue weighted by molar-refractivity contribution is 0.767. The first kappa shape index (κ1) is 11.3. The van der Waals surface area contributed by atoms with Crippen molar-refractivity contribution in [1.29, 1.82) is 0 Å². The van der Waals surface area contributed by atoms with Gasteiger partial charge in [0.15, 0.2) is 5.13 Å². The Morgan fingerprint density at radius 1 is 1.40 bits per heavy atom. The largest absolute Gasteiger partial charge is 0.358 e. The molecule has 2 nitrogen and oxygen atoms in total. The maximum atomic E-state index is 4.54. The molecule has 1 N–H and O–H groups in total.